The second-order valence-electron chi connectivity index (χ2n) is 15.1. The number of nitrogens with zero attached hydrogens (tertiary/aromatic N) is 1. The Kier molecular flexibility index (Phi) is 11.7. The first-order valence-electron chi connectivity index (χ1n) is 19.3. The van der Waals surface area contributed by atoms with Crippen molar-refractivity contribution in [3.8, 4) is 11.5 Å². The molecule has 3 fully saturated rings. The summed E-state index contributed by atoms with van der Waals surface area (Å²) in [6, 6.07) is 18.0. The number of carbonyl (C=O) groups is 4. The number of sulfonamides is 1. The highest BCUT2D eigenvalue weighted by Gasteiger charge is 2.62. The molecule has 7 rings (SSSR count). The van der Waals surface area contributed by atoms with Crippen LogP contribution in [0.2, 0.25) is 5.02 Å². The highest BCUT2D eigenvalue weighted by Crippen LogP contribution is 2.48. The van der Waals surface area contributed by atoms with Crippen LogP contribution in [-0.2, 0) is 42.1 Å². The molecule has 3 aromatic carbocycles. The van der Waals surface area contributed by atoms with Crippen LogP contribution in [0, 0.1) is 5.92 Å². The van der Waals surface area contributed by atoms with Crippen molar-refractivity contribution < 1.29 is 37.1 Å². The average molecular weight is 791 g/mol. The molecule has 0 bridgehead atoms. The van der Waals surface area contributed by atoms with E-state index in [0.29, 0.717) is 35.8 Å². The Hall–Kier alpha value is -4.62. The molecule has 3 N–H and O–H groups in total. The number of halogens is 1. The third-order valence-corrected chi connectivity index (χ3v) is 12.9. The molecule has 2 aliphatic heterocycles. The Balaban J connectivity index is 1.19. The molecular formula is C41H47ClN4O8S. The summed E-state index contributed by atoms with van der Waals surface area (Å²) >= 11 is 6.18. The maximum atomic E-state index is 14.6. The second kappa shape index (κ2) is 16.6. The fraction of sp³-hybridized carbons (Fsp3) is 0.463. The molecule has 2 unspecified atom stereocenters. The van der Waals surface area contributed by atoms with Crippen molar-refractivity contribution in [3.63, 3.8) is 0 Å². The van der Waals surface area contributed by atoms with Crippen LogP contribution in [0.3, 0.4) is 0 Å². The van der Waals surface area contributed by atoms with Crippen molar-refractivity contribution in [3.05, 3.63) is 88.9 Å². The van der Waals surface area contributed by atoms with E-state index in [9.17, 15) is 27.6 Å². The van der Waals surface area contributed by atoms with Crippen molar-refractivity contribution in [2.45, 2.75) is 119 Å². The van der Waals surface area contributed by atoms with Crippen LogP contribution < -0.4 is 20.1 Å². The minimum atomic E-state index is -4.23. The lowest BCUT2D eigenvalue weighted by Crippen LogP contribution is -2.61. The molecule has 12 nitrogen and oxygen atoms in total. The van der Waals surface area contributed by atoms with E-state index in [-0.39, 0.29) is 36.3 Å². The predicted octanol–water partition coefficient (Wildman–Crippen LogP) is 6.55. The molecule has 0 spiro atoms. The molecule has 0 aromatic heterocycles. The number of ether oxygens (including phenoxy) is 2. The molecule has 292 valence electrons. The van der Waals surface area contributed by atoms with E-state index in [1.165, 1.54) is 17.0 Å². The van der Waals surface area contributed by atoms with Crippen LogP contribution in [0.5, 0.6) is 11.5 Å². The Morgan fingerprint density at radius 1 is 0.818 bits per heavy atom. The van der Waals surface area contributed by atoms with Gasteiger partial charge in [0, 0.05) is 18.0 Å². The third kappa shape index (κ3) is 9.10. The van der Waals surface area contributed by atoms with Gasteiger partial charge in [-0.15, -0.1) is 0 Å². The summed E-state index contributed by atoms with van der Waals surface area (Å²) in [4.78, 5) is 57.8. The van der Waals surface area contributed by atoms with Crippen molar-refractivity contribution in [2.75, 3.05) is 0 Å². The first-order valence-corrected chi connectivity index (χ1v) is 21.1. The third-order valence-electron chi connectivity index (χ3n) is 11.3. The summed E-state index contributed by atoms with van der Waals surface area (Å²) in [6.07, 6.45) is 8.06. The van der Waals surface area contributed by atoms with Gasteiger partial charge in [-0.05, 0) is 104 Å². The lowest BCUT2D eigenvalue weighted by Gasteiger charge is -2.39. The highest BCUT2D eigenvalue weighted by molar-refractivity contribution is 7.90. The van der Waals surface area contributed by atoms with Crippen LogP contribution in [0.25, 0.3) is 0 Å². The number of benzene rings is 3. The quantitative estimate of drug-likeness (QED) is 0.243. The maximum absolute atomic E-state index is 14.6. The Morgan fingerprint density at radius 2 is 1.53 bits per heavy atom. The highest BCUT2D eigenvalue weighted by atomic mass is 35.5. The summed E-state index contributed by atoms with van der Waals surface area (Å²) in [5.74, 6) is -1.07. The van der Waals surface area contributed by atoms with Crippen molar-refractivity contribution in [2.24, 2.45) is 5.92 Å². The van der Waals surface area contributed by atoms with Gasteiger partial charge in [0.1, 0.15) is 35.2 Å². The van der Waals surface area contributed by atoms with Crippen molar-refractivity contribution in [1.29, 1.82) is 0 Å². The zero-order valence-corrected chi connectivity index (χ0v) is 32.2. The second-order valence-corrected chi connectivity index (χ2v) is 17.3. The van der Waals surface area contributed by atoms with E-state index in [1.807, 2.05) is 12.1 Å². The van der Waals surface area contributed by atoms with Crippen LogP contribution in [-0.4, -0.2) is 60.9 Å². The molecule has 3 aromatic rings. The van der Waals surface area contributed by atoms with Gasteiger partial charge >= 0.3 is 6.09 Å². The molecule has 4 atom stereocenters. The number of nitrogens with one attached hydrogen (secondary N) is 3. The Bertz CT molecular complexity index is 2020. The zero-order chi connectivity index (χ0) is 38.6. The van der Waals surface area contributed by atoms with Crippen LogP contribution in [0.15, 0.2) is 77.7 Å². The van der Waals surface area contributed by atoms with Crippen LogP contribution >= 0.6 is 11.6 Å². The number of hydrogen-bond donors (Lipinski definition) is 3. The van der Waals surface area contributed by atoms with E-state index < -0.39 is 51.5 Å². The van der Waals surface area contributed by atoms with Gasteiger partial charge in [0.15, 0.2) is 0 Å². The zero-order valence-electron chi connectivity index (χ0n) is 30.6. The number of rotatable bonds is 7. The molecule has 14 heteroatoms. The van der Waals surface area contributed by atoms with E-state index in [2.05, 4.69) is 15.4 Å². The molecule has 1 saturated heterocycles. The minimum Gasteiger partial charge on any atom is -0.457 e. The molecular weight excluding hydrogens is 744 g/mol. The predicted molar refractivity (Wildman–Crippen MR) is 205 cm³/mol. The molecule has 55 heavy (non-hydrogen) atoms. The number of carbonyl (C=O) groups excluding carboxylic acids is 4. The lowest BCUT2D eigenvalue weighted by atomic mass is 9.91. The number of hydrogen-bond acceptors (Lipinski definition) is 8. The average Bonchev–Trinajstić information content (AvgIpc) is 3.61. The summed E-state index contributed by atoms with van der Waals surface area (Å²) in [7, 11) is -4.23. The van der Waals surface area contributed by atoms with Crippen molar-refractivity contribution >= 4 is 45.4 Å². The monoisotopic (exact) mass is 790 g/mol. The molecule has 2 saturated carbocycles. The Labute approximate surface area is 326 Å². The number of amides is 4. The van der Waals surface area contributed by atoms with E-state index in [1.54, 1.807) is 48.5 Å². The maximum Gasteiger partial charge on any atom is 0.408 e. The summed E-state index contributed by atoms with van der Waals surface area (Å²) < 4.78 is 40.6. The van der Waals surface area contributed by atoms with Gasteiger partial charge in [-0.3, -0.25) is 14.4 Å². The minimum absolute atomic E-state index is 0.0601. The standard InChI is InChI=1S/C41H47ClN4O8S/c42-30-13-11-16-32(24-30)53-33-21-20-27-26-46-36(23-28(27)22-33)37(47)44-41(39(49)45-55(51,52)34-17-6-4-7-18-34)25-29(41)12-5-2-1-3-8-19-35(38(46)48)43-40(50)54-31-14-9-10-15-31/h4,6-7,11,13,16-18,20-22,24,29,31,35-36H,1-3,5,8-10,12,14-15,19,23,25-26H2,(H,43,50)(H,44,47)(H,45,49)/t29?,35-,36?,41+/m0/s1. The van der Waals surface area contributed by atoms with E-state index in [0.717, 1.165) is 62.5 Å². The first kappa shape index (κ1) is 38.6. The number of alkyl carbamates (subject to hydrolysis) is 1. The topological polar surface area (TPSA) is 160 Å². The van der Waals surface area contributed by atoms with Crippen molar-refractivity contribution in [1.82, 2.24) is 20.3 Å². The largest absolute Gasteiger partial charge is 0.457 e. The lowest BCUT2D eigenvalue weighted by molar-refractivity contribution is -0.144. The summed E-state index contributed by atoms with van der Waals surface area (Å²) in [6.45, 7) is 0.0601. The van der Waals surface area contributed by atoms with Gasteiger partial charge in [0.2, 0.25) is 11.8 Å². The van der Waals surface area contributed by atoms with Crippen LogP contribution in [0.4, 0.5) is 4.79 Å². The van der Waals surface area contributed by atoms with Gasteiger partial charge in [-0.2, -0.15) is 0 Å². The molecule has 2 heterocycles. The number of fused-ring (bicyclic) bond motifs is 3. The molecule has 4 aliphatic rings. The SMILES string of the molecule is O=C(N[C@H]1CCCCCCCC2C[C@@]2(C(=O)NS(=O)(=O)c2ccccc2)NC(=O)C2Cc3cc(Oc4cccc(Cl)c4)ccc3CN2C1=O)OC1CCCC1. The van der Waals surface area contributed by atoms with Crippen LogP contribution in [0.1, 0.15) is 88.2 Å². The molecule has 0 radical (unpaired) electrons. The first-order chi connectivity index (χ1) is 26.5. The van der Waals surface area contributed by atoms with E-state index in [4.69, 9.17) is 21.1 Å². The molecule has 4 amide bonds. The smallest absolute Gasteiger partial charge is 0.408 e. The van der Waals surface area contributed by atoms with E-state index >= 15 is 0 Å². The summed E-state index contributed by atoms with van der Waals surface area (Å²) in [5, 5.41) is 6.31. The molecule has 2 aliphatic carbocycles. The Morgan fingerprint density at radius 3 is 2.29 bits per heavy atom. The fourth-order valence-electron chi connectivity index (χ4n) is 8.16. The van der Waals surface area contributed by atoms with Gasteiger partial charge in [-0.25, -0.2) is 17.9 Å². The fourth-order valence-corrected chi connectivity index (χ4v) is 9.40. The van der Waals surface area contributed by atoms with Gasteiger partial charge in [-0.1, -0.05) is 74.0 Å². The van der Waals surface area contributed by atoms with Gasteiger partial charge in [0.25, 0.3) is 15.9 Å². The van der Waals surface area contributed by atoms with Gasteiger partial charge < -0.3 is 25.0 Å². The summed E-state index contributed by atoms with van der Waals surface area (Å²) in [5.41, 5.74) is 0.0880. The normalized spacial score (nSPS) is 24.8. The van der Waals surface area contributed by atoms with Gasteiger partial charge in [0.05, 0.1) is 4.90 Å².